The van der Waals surface area contributed by atoms with Gasteiger partial charge in [0.15, 0.2) is 14.2 Å². The van der Waals surface area contributed by atoms with Gasteiger partial charge in [-0.25, -0.2) is 43.7 Å². The third kappa shape index (κ3) is 15.2. The highest BCUT2D eigenvalue weighted by Crippen LogP contribution is 2.65. The van der Waals surface area contributed by atoms with Gasteiger partial charge in [-0.1, -0.05) is 210 Å². The summed E-state index contributed by atoms with van der Waals surface area (Å²) in [5.74, 6) is -16.5. The number of aliphatic imine (C=N–C) groups is 3. The van der Waals surface area contributed by atoms with Crippen LogP contribution in [-0.4, -0.2) is 176 Å². The smallest absolute Gasteiger partial charge is 0.404 e. The summed E-state index contributed by atoms with van der Waals surface area (Å²) in [6.45, 7) is 7.19. The first-order chi connectivity index (χ1) is 52.6. The molecule has 3 amide bonds. The van der Waals surface area contributed by atoms with Crippen molar-refractivity contribution in [3.8, 4) is 0 Å². The number of ether oxygens (including phenoxy) is 6. The van der Waals surface area contributed by atoms with Crippen LogP contribution in [0.25, 0.3) is 0 Å². The van der Waals surface area contributed by atoms with Crippen molar-refractivity contribution < 1.29 is 111 Å². The van der Waals surface area contributed by atoms with E-state index >= 15 is 0 Å². The Morgan fingerprint density at radius 2 is 0.532 bits per heavy atom. The largest absolute Gasteiger partial charge is 0.464 e. The summed E-state index contributed by atoms with van der Waals surface area (Å²) in [6, 6.07) is 35.2. The van der Waals surface area contributed by atoms with Crippen molar-refractivity contribution in [2.75, 3.05) is 39.6 Å². The van der Waals surface area contributed by atoms with Gasteiger partial charge in [0.05, 0.1) is 39.6 Å². The summed E-state index contributed by atoms with van der Waals surface area (Å²) < 4.78 is 157. The molecule has 36 heteroatoms. The van der Waals surface area contributed by atoms with Crippen LogP contribution in [0.2, 0.25) is 0 Å². The maximum atomic E-state index is 14.7. The molecule has 111 heavy (non-hydrogen) atoms. The van der Waals surface area contributed by atoms with E-state index in [0.29, 0.717) is 65.4 Å². The molecule has 21 nitrogen and oxygen atoms in total. The molecule has 0 bridgehead atoms. The minimum Gasteiger partial charge on any atom is -0.464 e. The summed E-state index contributed by atoms with van der Waals surface area (Å²) in [6.07, 6.45) is -14.9. The van der Waals surface area contributed by atoms with Gasteiger partial charge in [0, 0.05) is 47.9 Å². The number of nitrogens with zero attached hydrogens (tertiary/aromatic N) is 3. The Morgan fingerprint density at radius 3 is 0.703 bits per heavy atom. The monoisotopic (exact) mass is 1790 g/mol. The van der Waals surface area contributed by atoms with Crippen molar-refractivity contribution in [1.82, 2.24) is 16.0 Å². The third-order valence-electron chi connectivity index (χ3n) is 18.7. The van der Waals surface area contributed by atoms with Gasteiger partial charge in [0.1, 0.15) is 33.3 Å². The van der Waals surface area contributed by atoms with Crippen LogP contribution >= 0.6 is 83.1 Å². The first kappa shape index (κ1) is 85.3. The lowest BCUT2D eigenvalue weighted by molar-refractivity contribution is -0.174. The summed E-state index contributed by atoms with van der Waals surface area (Å²) in [5, 5.41) is 6.87. The van der Waals surface area contributed by atoms with Gasteiger partial charge in [0.2, 0.25) is 16.6 Å². The molecule has 0 radical (unpaired) electrons. The number of nitrogens with one attached hydrogen (secondary N) is 3. The number of thioether (sulfide) groups is 3. The van der Waals surface area contributed by atoms with Crippen LogP contribution in [0.5, 0.6) is 0 Å². The fourth-order valence-corrected chi connectivity index (χ4v) is 19.9. The lowest BCUT2D eigenvalue weighted by atomic mass is 9.73. The molecule has 6 aromatic carbocycles. The Hall–Kier alpha value is -8.10. The minimum atomic E-state index is -4.97. The van der Waals surface area contributed by atoms with Gasteiger partial charge in [-0.15, -0.1) is 0 Å². The van der Waals surface area contributed by atoms with E-state index in [1.54, 1.807) is 91.0 Å². The number of esters is 6. The van der Waals surface area contributed by atoms with Crippen LogP contribution in [0, 0.1) is 0 Å². The van der Waals surface area contributed by atoms with Crippen LogP contribution in [0.3, 0.4) is 0 Å². The number of amides is 3. The molecule has 0 aliphatic carbocycles. The summed E-state index contributed by atoms with van der Waals surface area (Å²) in [4.78, 5) is 135. The van der Waals surface area contributed by atoms with E-state index in [1.165, 1.54) is 114 Å². The maximum Gasteiger partial charge on any atom is 0.404 e. The Balaban J connectivity index is 0.000000177. The summed E-state index contributed by atoms with van der Waals surface area (Å²) in [5.41, 5.74) is -6.91. The second kappa shape index (κ2) is 33.9. The molecule has 3 spiro atoms. The van der Waals surface area contributed by atoms with E-state index < -0.39 is 139 Å². The number of alkyl halides is 9. The second-order valence-electron chi connectivity index (χ2n) is 24.9. The molecule has 588 valence electrons. The number of rotatable bonds is 18. The molecule has 3 N–H and O–H groups in total. The lowest BCUT2D eigenvalue weighted by Gasteiger charge is -2.38. The molecular weight excluding hydrogens is 1730 g/mol. The molecule has 0 unspecified atom stereocenters. The van der Waals surface area contributed by atoms with E-state index in [0.717, 1.165) is 0 Å². The Morgan fingerprint density at radius 1 is 0.342 bits per heavy atom. The molecule has 9 atom stereocenters. The third-order valence-corrected chi connectivity index (χ3v) is 25.1. The van der Waals surface area contributed by atoms with Crippen LogP contribution < -0.4 is 16.0 Å². The summed E-state index contributed by atoms with van der Waals surface area (Å²) >= 11 is 11.7. The second-order valence-corrected chi connectivity index (χ2v) is 31.4. The number of halogens is 12. The van der Waals surface area contributed by atoms with Crippen molar-refractivity contribution in [1.29, 1.82) is 0 Å². The molecule has 6 heterocycles. The van der Waals surface area contributed by atoms with Crippen molar-refractivity contribution in [2.45, 2.75) is 127 Å². The Labute approximate surface area is 666 Å². The van der Waals surface area contributed by atoms with Gasteiger partial charge < -0.3 is 28.4 Å². The van der Waals surface area contributed by atoms with Gasteiger partial charge >= 0.3 is 54.3 Å². The molecule has 3 saturated heterocycles. The van der Waals surface area contributed by atoms with Gasteiger partial charge in [-0.3, -0.25) is 30.3 Å². The van der Waals surface area contributed by atoms with Crippen molar-refractivity contribution in [3.63, 3.8) is 0 Å². The highest BCUT2D eigenvalue weighted by atomic mass is 79.9. The zero-order chi connectivity index (χ0) is 81.0. The molecule has 0 aromatic heterocycles. The average Bonchev–Trinajstić information content (AvgIpc) is 1.53. The fourth-order valence-electron chi connectivity index (χ4n) is 14.3. The van der Waals surface area contributed by atoms with Gasteiger partial charge in [0.25, 0.3) is 17.7 Å². The zero-order valence-corrected chi connectivity index (χ0v) is 66.2. The van der Waals surface area contributed by atoms with Crippen molar-refractivity contribution in [2.24, 2.45) is 15.0 Å². The first-order valence-electron chi connectivity index (χ1n) is 34.0. The van der Waals surface area contributed by atoms with Crippen LogP contribution in [-0.2, 0) is 71.6 Å². The minimum absolute atomic E-state index is 0.0790. The Kier molecular flexibility index (Phi) is 26.1. The SMILES string of the molecule is CCOC(=O)C1(C(=O)OCC)N[C@@H](C(F)(F)F)[C@H](c2ccc(Br)cc2)[C@]12SC(c1ccccc1)=NC2=O.CCOC(=O)C1(C(=O)OCC)N[C@@H](C(F)(F)F)[C@H](c2ccc(Br)cc2)[C@]12SC(c1ccccc1)=NC2=O.CCOC(=O)C1(C(=O)OCC)N[C@@H](C(F)(F)F)[C@H](c2ccc(Br)cc2)[C@]12SC(c1ccccc1)=NC2=O. The number of benzene rings is 6. The zero-order valence-electron chi connectivity index (χ0n) is 59.0. The van der Waals surface area contributed by atoms with Crippen molar-refractivity contribution in [3.05, 3.63) is 211 Å². The summed E-state index contributed by atoms with van der Waals surface area (Å²) in [7, 11) is 0. The van der Waals surface area contributed by atoms with Crippen LogP contribution in [0.15, 0.2) is 192 Å². The van der Waals surface area contributed by atoms with Crippen LogP contribution in [0.1, 0.15) is 92.7 Å². The molecule has 6 aromatic rings. The highest BCUT2D eigenvalue weighted by molar-refractivity contribution is 9.11. The van der Waals surface area contributed by atoms with E-state index in [4.69, 9.17) is 28.4 Å². The predicted molar refractivity (Wildman–Crippen MR) is 403 cm³/mol. The Bertz CT molecular complexity index is 4120. The topological polar surface area (TPSA) is 282 Å². The van der Waals surface area contributed by atoms with Crippen molar-refractivity contribution >= 4 is 152 Å². The van der Waals surface area contributed by atoms with Crippen LogP contribution in [0.4, 0.5) is 39.5 Å². The highest BCUT2D eigenvalue weighted by Gasteiger charge is 2.85. The number of carbonyl (C=O) groups excluding carboxylic acids is 9. The maximum absolute atomic E-state index is 14.7. The lowest BCUT2D eigenvalue weighted by Crippen LogP contribution is -2.70. The van der Waals surface area contributed by atoms with E-state index in [1.807, 2.05) is 0 Å². The number of carbonyl (C=O) groups is 9. The molecule has 3 fully saturated rings. The number of hydrogen-bond donors (Lipinski definition) is 3. The van der Waals surface area contributed by atoms with E-state index in [-0.39, 0.29) is 71.5 Å². The number of hydrogen-bond acceptors (Lipinski definition) is 21. The fraction of sp³-hybridized carbons (Fsp3) is 0.360. The van der Waals surface area contributed by atoms with Gasteiger partial charge in [-0.05, 0) is 94.6 Å². The molecule has 12 rings (SSSR count). The standard InChI is InChI=1S/3C25H22BrF3N2O5S/c3*1-3-35-21(33)23(22(34)36-4-2)24(20(32)30-19(37-24)15-8-6-5-7-9-15)17(18(31-23)25(27,28)29)14-10-12-16(26)13-11-14/h3*5-13,17-18,31H,3-4H2,1-2H3/t3*17-,18+,24+/m000/s1. The van der Waals surface area contributed by atoms with Gasteiger partial charge in [-0.2, -0.15) is 39.5 Å². The normalized spacial score (nSPS) is 24.7. The predicted octanol–water partition coefficient (Wildman–Crippen LogP) is 13.2. The average molecular weight is 1800 g/mol. The molecule has 6 aliphatic rings. The van der Waals surface area contributed by atoms with E-state index in [2.05, 4.69) is 78.7 Å². The molecule has 6 aliphatic heterocycles. The molecular formula is C75H66Br3F9N6O15S3. The first-order valence-corrected chi connectivity index (χ1v) is 38.9. The van der Waals surface area contributed by atoms with E-state index in [9.17, 15) is 82.7 Å². The molecule has 0 saturated carbocycles. The quantitative estimate of drug-likeness (QED) is 0.0312.